The Hall–Kier alpha value is -1.64. The molecule has 0 bridgehead atoms. The number of aldehydes is 1. The van der Waals surface area contributed by atoms with Crippen LogP contribution >= 0.6 is 0 Å². The molecule has 3 heteroatoms. The van der Waals surface area contributed by atoms with Gasteiger partial charge in [0.15, 0.2) is 6.29 Å². The van der Waals surface area contributed by atoms with E-state index in [2.05, 4.69) is 12.2 Å². The standard InChI is InChI=1S/C12H15NO2/c1-2-3-8-13-12(15)11-7-5-4-6-10(11)9-14/h4-7,9H,2-3,8H2,1H3,(H,13,15). The van der Waals surface area contributed by atoms with Crippen LogP contribution in [-0.2, 0) is 0 Å². The van der Waals surface area contributed by atoms with Gasteiger partial charge in [-0.3, -0.25) is 9.59 Å². The van der Waals surface area contributed by atoms with E-state index in [4.69, 9.17) is 0 Å². The van der Waals surface area contributed by atoms with Crippen molar-refractivity contribution in [3.8, 4) is 0 Å². The van der Waals surface area contributed by atoms with Gasteiger partial charge in [0.25, 0.3) is 5.91 Å². The first kappa shape index (κ1) is 11.4. The van der Waals surface area contributed by atoms with Crippen molar-refractivity contribution in [2.45, 2.75) is 19.8 Å². The molecule has 0 atom stereocenters. The van der Waals surface area contributed by atoms with Crippen molar-refractivity contribution < 1.29 is 9.59 Å². The maximum atomic E-state index is 11.6. The average Bonchev–Trinajstić information content (AvgIpc) is 2.29. The Balaban J connectivity index is 2.68. The molecule has 1 rings (SSSR count). The van der Waals surface area contributed by atoms with Gasteiger partial charge in [-0.25, -0.2) is 0 Å². The second-order valence-electron chi connectivity index (χ2n) is 3.31. The lowest BCUT2D eigenvalue weighted by Crippen LogP contribution is -2.25. The van der Waals surface area contributed by atoms with Gasteiger partial charge in [-0.1, -0.05) is 31.5 Å². The van der Waals surface area contributed by atoms with Crippen LogP contribution in [0.2, 0.25) is 0 Å². The van der Waals surface area contributed by atoms with Gasteiger partial charge in [0.2, 0.25) is 0 Å². The Morgan fingerprint density at radius 3 is 2.80 bits per heavy atom. The Morgan fingerprint density at radius 2 is 2.13 bits per heavy atom. The van der Waals surface area contributed by atoms with Crippen molar-refractivity contribution in [2.24, 2.45) is 0 Å². The molecule has 0 radical (unpaired) electrons. The third-order valence-corrected chi connectivity index (χ3v) is 2.15. The summed E-state index contributed by atoms with van der Waals surface area (Å²) in [6.45, 7) is 2.72. The minimum Gasteiger partial charge on any atom is -0.352 e. The molecule has 0 aliphatic rings. The third kappa shape index (κ3) is 3.20. The molecular formula is C12H15NO2. The van der Waals surface area contributed by atoms with Gasteiger partial charge in [-0.15, -0.1) is 0 Å². The summed E-state index contributed by atoms with van der Waals surface area (Å²) in [4.78, 5) is 22.3. The number of hydrogen-bond donors (Lipinski definition) is 1. The van der Waals surface area contributed by atoms with Crippen LogP contribution < -0.4 is 5.32 Å². The highest BCUT2D eigenvalue weighted by Gasteiger charge is 2.08. The zero-order chi connectivity index (χ0) is 11.1. The highest BCUT2D eigenvalue weighted by molar-refractivity contribution is 6.01. The van der Waals surface area contributed by atoms with E-state index in [0.29, 0.717) is 24.0 Å². The summed E-state index contributed by atoms with van der Waals surface area (Å²) in [5.41, 5.74) is 0.884. The number of nitrogens with one attached hydrogen (secondary N) is 1. The zero-order valence-electron chi connectivity index (χ0n) is 8.82. The van der Waals surface area contributed by atoms with Crippen LogP contribution in [-0.4, -0.2) is 18.7 Å². The first-order valence-corrected chi connectivity index (χ1v) is 5.12. The quantitative estimate of drug-likeness (QED) is 0.590. The maximum Gasteiger partial charge on any atom is 0.252 e. The molecule has 0 aliphatic heterocycles. The van der Waals surface area contributed by atoms with Crippen LogP contribution in [0.25, 0.3) is 0 Å². The molecule has 15 heavy (non-hydrogen) atoms. The van der Waals surface area contributed by atoms with Crippen molar-refractivity contribution in [3.63, 3.8) is 0 Å². The van der Waals surface area contributed by atoms with Crippen molar-refractivity contribution in [1.29, 1.82) is 0 Å². The van der Waals surface area contributed by atoms with E-state index in [1.54, 1.807) is 24.3 Å². The van der Waals surface area contributed by atoms with Crippen molar-refractivity contribution in [1.82, 2.24) is 5.32 Å². The first-order chi connectivity index (χ1) is 7.29. The van der Waals surface area contributed by atoms with Gasteiger partial charge < -0.3 is 5.32 Å². The first-order valence-electron chi connectivity index (χ1n) is 5.12. The Bertz CT molecular complexity index is 347. The lowest BCUT2D eigenvalue weighted by molar-refractivity contribution is 0.0947. The molecule has 0 aromatic heterocycles. The van der Waals surface area contributed by atoms with Gasteiger partial charge in [-0.2, -0.15) is 0 Å². The smallest absolute Gasteiger partial charge is 0.252 e. The number of rotatable bonds is 5. The second kappa shape index (κ2) is 5.96. The monoisotopic (exact) mass is 205 g/mol. The number of amides is 1. The highest BCUT2D eigenvalue weighted by atomic mass is 16.1. The van der Waals surface area contributed by atoms with E-state index in [0.717, 1.165) is 12.8 Å². The minimum atomic E-state index is -0.175. The molecule has 80 valence electrons. The molecule has 1 aromatic carbocycles. The van der Waals surface area contributed by atoms with Crippen LogP contribution in [0.5, 0.6) is 0 Å². The normalized spacial score (nSPS) is 9.67. The molecule has 0 aliphatic carbocycles. The molecule has 0 spiro atoms. The molecule has 0 unspecified atom stereocenters. The summed E-state index contributed by atoms with van der Waals surface area (Å²) in [5, 5.41) is 2.78. The molecule has 0 heterocycles. The number of unbranched alkanes of at least 4 members (excludes halogenated alkanes) is 1. The topological polar surface area (TPSA) is 46.2 Å². The van der Waals surface area contributed by atoms with Gasteiger partial charge in [-0.05, 0) is 12.5 Å². The second-order valence-corrected chi connectivity index (χ2v) is 3.31. The predicted octanol–water partition coefficient (Wildman–Crippen LogP) is 2.03. The number of benzene rings is 1. The SMILES string of the molecule is CCCCNC(=O)c1ccccc1C=O. The average molecular weight is 205 g/mol. The van der Waals surface area contributed by atoms with Crippen LogP contribution in [0.3, 0.4) is 0 Å². The van der Waals surface area contributed by atoms with E-state index in [-0.39, 0.29) is 5.91 Å². The maximum absolute atomic E-state index is 11.6. The molecule has 0 fully saturated rings. The largest absolute Gasteiger partial charge is 0.352 e. The molecule has 1 N–H and O–H groups in total. The molecule has 3 nitrogen and oxygen atoms in total. The van der Waals surface area contributed by atoms with Crippen LogP contribution in [0.15, 0.2) is 24.3 Å². The predicted molar refractivity (Wildman–Crippen MR) is 59.1 cm³/mol. The van der Waals surface area contributed by atoms with E-state index >= 15 is 0 Å². The van der Waals surface area contributed by atoms with Crippen LogP contribution in [0.1, 0.15) is 40.5 Å². The van der Waals surface area contributed by atoms with Gasteiger partial charge in [0.05, 0.1) is 0 Å². The fraction of sp³-hybridized carbons (Fsp3) is 0.333. The summed E-state index contributed by atoms with van der Waals surface area (Å²) < 4.78 is 0. The summed E-state index contributed by atoms with van der Waals surface area (Å²) in [7, 11) is 0. The Labute approximate surface area is 89.5 Å². The summed E-state index contributed by atoms with van der Waals surface area (Å²) in [6.07, 6.45) is 2.69. The van der Waals surface area contributed by atoms with E-state index < -0.39 is 0 Å². The molecular weight excluding hydrogens is 190 g/mol. The van der Waals surface area contributed by atoms with Crippen molar-refractivity contribution in [2.75, 3.05) is 6.54 Å². The Kier molecular flexibility index (Phi) is 4.54. The third-order valence-electron chi connectivity index (χ3n) is 2.15. The van der Waals surface area contributed by atoms with Gasteiger partial charge >= 0.3 is 0 Å². The summed E-state index contributed by atoms with van der Waals surface area (Å²) >= 11 is 0. The fourth-order valence-corrected chi connectivity index (χ4v) is 1.28. The molecule has 0 saturated heterocycles. The number of hydrogen-bond acceptors (Lipinski definition) is 2. The molecule has 1 aromatic rings. The van der Waals surface area contributed by atoms with E-state index in [9.17, 15) is 9.59 Å². The number of carbonyl (C=O) groups excluding carboxylic acids is 2. The summed E-state index contributed by atoms with van der Waals surface area (Å²) in [6, 6.07) is 6.79. The lowest BCUT2D eigenvalue weighted by Gasteiger charge is -2.05. The highest BCUT2D eigenvalue weighted by Crippen LogP contribution is 2.05. The van der Waals surface area contributed by atoms with Gasteiger partial charge in [0, 0.05) is 17.7 Å². The minimum absolute atomic E-state index is 0.175. The van der Waals surface area contributed by atoms with E-state index in [1.165, 1.54) is 0 Å². The Morgan fingerprint density at radius 1 is 1.40 bits per heavy atom. The van der Waals surface area contributed by atoms with E-state index in [1.807, 2.05) is 0 Å². The fourth-order valence-electron chi connectivity index (χ4n) is 1.28. The van der Waals surface area contributed by atoms with Crippen molar-refractivity contribution >= 4 is 12.2 Å². The van der Waals surface area contributed by atoms with Gasteiger partial charge in [0.1, 0.15) is 0 Å². The zero-order valence-corrected chi connectivity index (χ0v) is 8.82. The molecule has 1 amide bonds. The molecule has 0 saturated carbocycles. The summed E-state index contributed by atoms with van der Waals surface area (Å²) in [5.74, 6) is -0.175. The van der Waals surface area contributed by atoms with Crippen LogP contribution in [0, 0.1) is 0 Å². The van der Waals surface area contributed by atoms with Crippen molar-refractivity contribution in [3.05, 3.63) is 35.4 Å². The lowest BCUT2D eigenvalue weighted by atomic mass is 10.1. The van der Waals surface area contributed by atoms with Crippen LogP contribution in [0.4, 0.5) is 0 Å². The number of carbonyl (C=O) groups is 2.